The van der Waals surface area contributed by atoms with Gasteiger partial charge in [0.15, 0.2) is 0 Å². The van der Waals surface area contributed by atoms with E-state index >= 15 is 0 Å². The summed E-state index contributed by atoms with van der Waals surface area (Å²) in [5.74, 6) is 1.01. The van der Waals surface area contributed by atoms with Gasteiger partial charge in [-0.1, -0.05) is 0 Å². The highest BCUT2D eigenvalue weighted by molar-refractivity contribution is 5.82. The predicted molar refractivity (Wildman–Crippen MR) is 62.9 cm³/mol. The van der Waals surface area contributed by atoms with Crippen molar-refractivity contribution >= 4 is 11.9 Å². The summed E-state index contributed by atoms with van der Waals surface area (Å²) in [6.07, 6.45) is 3.28. The number of carbonyl (C=O) groups excluding carboxylic acids is 1. The molecule has 3 rings (SSSR count). The summed E-state index contributed by atoms with van der Waals surface area (Å²) in [4.78, 5) is 24.7. The van der Waals surface area contributed by atoms with Crippen LogP contribution in [0.5, 0.6) is 0 Å². The monoisotopic (exact) mass is 253 g/mol. The average molecular weight is 253 g/mol. The molecule has 5 heteroatoms. The van der Waals surface area contributed by atoms with Crippen LogP contribution in [0.3, 0.4) is 0 Å². The molecule has 0 unspecified atom stereocenters. The van der Waals surface area contributed by atoms with Crippen LogP contribution in [0.1, 0.15) is 25.7 Å². The molecule has 1 N–H and O–H groups in total. The minimum atomic E-state index is -0.864. The maximum Gasteiger partial charge on any atom is 0.306 e. The van der Waals surface area contributed by atoms with Gasteiger partial charge >= 0.3 is 5.97 Å². The van der Waals surface area contributed by atoms with E-state index in [1.165, 1.54) is 12.8 Å². The SMILES string of the molecule is O=C(O)C[C@@H]1CN(C(=O)[C@H]2C[C@@H]2C2CC2)CCO1. The first-order chi connectivity index (χ1) is 8.65. The van der Waals surface area contributed by atoms with E-state index in [-0.39, 0.29) is 24.3 Å². The van der Waals surface area contributed by atoms with E-state index in [1.54, 1.807) is 0 Å². The molecule has 1 saturated heterocycles. The van der Waals surface area contributed by atoms with Crippen LogP contribution in [-0.4, -0.2) is 47.7 Å². The molecule has 18 heavy (non-hydrogen) atoms. The second-order valence-electron chi connectivity index (χ2n) is 5.72. The number of amides is 1. The van der Waals surface area contributed by atoms with Crippen molar-refractivity contribution in [3.05, 3.63) is 0 Å². The summed E-state index contributed by atoms with van der Waals surface area (Å²) in [5.41, 5.74) is 0. The number of carbonyl (C=O) groups is 2. The Labute approximate surface area is 106 Å². The summed E-state index contributed by atoms with van der Waals surface area (Å²) in [6.45, 7) is 1.52. The van der Waals surface area contributed by atoms with Crippen LogP contribution < -0.4 is 0 Å². The molecule has 0 bridgehead atoms. The van der Waals surface area contributed by atoms with Crippen LogP contribution in [0.4, 0.5) is 0 Å². The second-order valence-corrected chi connectivity index (χ2v) is 5.72. The number of morpholine rings is 1. The Morgan fingerprint density at radius 3 is 2.78 bits per heavy atom. The molecule has 3 atom stereocenters. The molecule has 3 fully saturated rings. The summed E-state index contributed by atoms with van der Waals surface area (Å²) in [5, 5.41) is 8.75. The first kappa shape index (κ1) is 12.0. The van der Waals surface area contributed by atoms with Crippen LogP contribution in [0.2, 0.25) is 0 Å². The molecule has 5 nitrogen and oxygen atoms in total. The fraction of sp³-hybridized carbons (Fsp3) is 0.846. The molecular formula is C13H19NO4. The highest BCUT2D eigenvalue weighted by atomic mass is 16.5. The Morgan fingerprint density at radius 1 is 1.33 bits per heavy atom. The quantitative estimate of drug-likeness (QED) is 0.802. The van der Waals surface area contributed by atoms with Crippen molar-refractivity contribution in [3.63, 3.8) is 0 Å². The third kappa shape index (κ3) is 2.51. The number of aliphatic carboxylic acids is 1. The fourth-order valence-corrected chi connectivity index (χ4v) is 3.02. The number of hydrogen-bond acceptors (Lipinski definition) is 3. The van der Waals surface area contributed by atoms with Crippen LogP contribution in [0, 0.1) is 17.8 Å². The fourth-order valence-electron chi connectivity index (χ4n) is 3.02. The Morgan fingerprint density at radius 2 is 2.11 bits per heavy atom. The van der Waals surface area contributed by atoms with Crippen LogP contribution in [-0.2, 0) is 14.3 Å². The predicted octanol–water partition coefficient (Wildman–Crippen LogP) is 0.735. The summed E-state index contributed by atoms with van der Waals surface area (Å²) in [6, 6.07) is 0. The number of nitrogens with zero attached hydrogens (tertiary/aromatic N) is 1. The van der Waals surface area contributed by atoms with E-state index in [9.17, 15) is 9.59 Å². The van der Waals surface area contributed by atoms with E-state index in [0.29, 0.717) is 25.6 Å². The third-order valence-corrected chi connectivity index (χ3v) is 4.24. The Hall–Kier alpha value is -1.10. The molecule has 0 aromatic rings. The van der Waals surface area contributed by atoms with Gasteiger partial charge in [0, 0.05) is 19.0 Å². The smallest absolute Gasteiger partial charge is 0.306 e. The molecule has 0 spiro atoms. The Bertz CT molecular complexity index is 366. The van der Waals surface area contributed by atoms with Crippen LogP contribution >= 0.6 is 0 Å². The first-order valence-electron chi connectivity index (χ1n) is 6.77. The zero-order valence-electron chi connectivity index (χ0n) is 10.4. The van der Waals surface area contributed by atoms with Crippen LogP contribution in [0.15, 0.2) is 0 Å². The van der Waals surface area contributed by atoms with Crippen molar-refractivity contribution in [2.45, 2.75) is 31.8 Å². The molecule has 1 amide bonds. The number of hydrogen-bond donors (Lipinski definition) is 1. The van der Waals surface area contributed by atoms with Gasteiger partial charge in [-0.15, -0.1) is 0 Å². The van der Waals surface area contributed by atoms with E-state index in [2.05, 4.69) is 0 Å². The maximum absolute atomic E-state index is 12.3. The lowest BCUT2D eigenvalue weighted by molar-refractivity contribution is -0.148. The molecule has 1 aliphatic heterocycles. The highest BCUT2D eigenvalue weighted by Gasteiger charge is 2.52. The molecule has 3 aliphatic rings. The van der Waals surface area contributed by atoms with E-state index in [1.807, 2.05) is 4.90 Å². The van der Waals surface area contributed by atoms with Crippen molar-refractivity contribution in [2.75, 3.05) is 19.7 Å². The van der Waals surface area contributed by atoms with Crippen LogP contribution in [0.25, 0.3) is 0 Å². The first-order valence-corrected chi connectivity index (χ1v) is 6.77. The van der Waals surface area contributed by atoms with Gasteiger partial charge < -0.3 is 14.7 Å². The second kappa shape index (κ2) is 4.53. The van der Waals surface area contributed by atoms with E-state index in [0.717, 1.165) is 12.3 Å². The van der Waals surface area contributed by atoms with E-state index < -0.39 is 5.97 Å². The highest BCUT2D eigenvalue weighted by Crippen LogP contribution is 2.54. The summed E-state index contributed by atoms with van der Waals surface area (Å²) >= 11 is 0. The minimum Gasteiger partial charge on any atom is -0.481 e. The van der Waals surface area contributed by atoms with Gasteiger partial charge in [-0.2, -0.15) is 0 Å². The molecule has 100 valence electrons. The van der Waals surface area contributed by atoms with Gasteiger partial charge in [0.05, 0.1) is 19.1 Å². The number of ether oxygens (including phenoxy) is 1. The molecular weight excluding hydrogens is 234 g/mol. The van der Waals surface area contributed by atoms with Crippen molar-refractivity contribution < 1.29 is 19.4 Å². The normalized spacial score (nSPS) is 35.3. The van der Waals surface area contributed by atoms with Gasteiger partial charge in [0.2, 0.25) is 5.91 Å². The van der Waals surface area contributed by atoms with Crippen molar-refractivity contribution in [3.8, 4) is 0 Å². The molecule has 0 aromatic heterocycles. The Balaban J connectivity index is 1.52. The maximum atomic E-state index is 12.3. The standard InChI is InChI=1S/C13H19NO4/c15-12(16)5-9-7-14(3-4-18-9)13(17)11-6-10(11)8-1-2-8/h8-11H,1-7H2,(H,15,16)/t9-,10-,11+/m1/s1. The van der Waals surface area contributed by atoms with Crippen molar-refractivity contribution in [1.29, 1.82) is 0 Å². The largest absolute Gasteiger partial charge is 0.481 e. The van der Waals surface area contributed by atoms with Crippen molar-refractivity contribution in [2.24, 2.45) is 17.8 Å². The number of carboxylic acid groups (broad SMARTS) is 1. The van der Waals surface area contributed by atoms with Crippen molar-refractivity contribution in [1.82, 2.24) is 4.90 Å². The van der Waals surface area contributed by atoms with Gasteiger partial charge in [-0.25, -0.2) is 0 Å². The minimum absolute atomic E-state index is 0.0134. The lowest BCUT2D eigenvalue weighted by Crippen LogP contribution is -2.47. The molecule has 0 radical (unpaired) electrons. The summed E-state index contributed by atoms with van der Waals surface area (Å²) in [7, 11) is 0. The molecule has 2 aliphatic carbocycles. The van der Waals surface area contributed by atoms with Gasteiger partial charge in [-0.3, -0.25) is 9.59 Å². The van der Waals surface area contributed by atoms with Gasteiger partial charge in [0.25, 0.3) is 0 Å². The summed E-state index contributed by atoms with van der Waals surface area (Å²) < 4.78 is 5.38. The Kier molecular flexibility index (Phi) is 3.01. The molecule has 2 saturated carbocycles. The molecule has 1 heterocycles. The zero-order chi connectivity index (χ0) is 12.7. The van der Waals surface area contributed by atoms with Gasteiger partial charge in [0.1, 0.15) is 0 Å². The topological polar surface area (TPSA) is 66.8 Å². The average Bonchev–Trinajstić information content (AvgIpc) is 3.17. The zero-order valence-corrected chi connectivity index (χ0v) is 10.4. The third-order valence-electron chi connectivity index (χ3n) is 4.24. The molecule has 0 aromatic carbocycles. The van der Waals surface area contributed by atoms with Gasteiger partial charge in [-0.05, 0) is 31.1 Å². The lowest BCUT2D eigenvalue weighted by Gasteiger charge is -2.32. The number of rotatable bonds is 4. The van der Waals surface area contributed by atoms with E-state index in [4.69, 9.17) is 9.84 Å². The lowest BCUT2D eigenvalue weighted by atomic mass is 10.1. The number of carboxylic acids is 1.